The zero-order valence-electron chi connectivity index (χ0n) is 16.2. The number of aliphatic carboxylic acids is 1. The molecule has 0 spiro atoms. The summed E-state index contributed by atoms with van der Waals surface area (Å²) in [6.45, 7) is 1.73. The highest BCUT2D eigenvalue weighted by atomic mass is 32.1. The Labute approximate surface area is 179 Å². The highest BCUT2D eigenvalue weighted by Crippen LogP contribution is 2.34. The van der Waals surface area contributed by atoms with Crippen LogP contribution in [0.15, 0.2) is 29.4 Å². The number of benzene rings is 1. The van der Waals surface area contributed by atoms with Gasteiger partial charge in [-0.15, -0.1) is 11.3 Å². The number of carbonyl (C=O) groups excluding carboxylic acids is 1. The number of fused-ring (bicyclic) bond motifs is 2. The van der Waals surface area contributed by atoms with Crippen LogP contribution in [0.3, 0.4) is 0 Å². The molecular formula is C19H17N5O6S. The number of hydrogen-bond donors (Lipinski definition) is 3. The van der Waals surface area contributed by atoms with Gasteiger partial charge < -0.3 is 30.5 Å². The monoisotopic (exact) mass is 443 g/mol. The Hall–Kier alpha value is -3.93. The van der Waals surface area contributed by atoms with Gasteiger partial charge in [-0.2, -0.15) is 0 Å². The maximum Gasteiger partial charge on any atom is 0.344 e. The number of aromatic nitrogens is 2. The van der Waals surface area contributed by atoms with Crippen LogP contribution in [-0.2, 0) is 9.63 Å². The lowest BCUT2D eigenvalue weighted by atomic mass is 10.0. The Morgan fingerprint density at radius 1 is 1.29 bits per heavy atom. The predicted molar refractivity (Wildman–Crippen MR) is 112 cm³/mol. The molecule has 0 saturated carbocycles. The van der Waals surface area contributed by atoms with Crippen molar-refractivity contribution in [2.45, 2.75) is 6.92 Å². The number of nitrogen functional groups attached to an aromatic ring is 1. The van der Waals surface area contributed by atoms with Crippen LogP contribution >= 0.6 is 11.3 Å². The predicted octanol–water partition coefficient (Wildman–Crippen LogP) is 1.61. The van der Waals surface area contributed by atoms with E-state index in [0.29, 0.717) is 44.4 Å². The topological polar surface area (TPSA) is 158 Å². The number of carboxylic acid groups (broad SMARTS) is 1. The van der Waals surface area contributed by atoms with Crippen LogP contribution in [0.2, 0.25) is 0 Å². The van der Waals surface area contributed by atoms with Gasteiger partial charge in [-0.3, -0.25) is 4.79 Å². The van der Waals surface area contributed by atoms with E-state index in [1.54, 1.807) is 24.3 Å². The summed E-state index contributed by atoms with van der Waals surface area (Å²) in [6, 6.07) is 6.71. The fourth-order valence-electron chi connectivity index (χ4n) is 2.91. The number of thiophene rings is 1. The molecule has 31 heavy (non-hydrogen) atoms. The summed E-state index contributed by atoms with van der Waals surface area (Å²) in [5.41, 5.74) is 6.93. The first kappa shape index (κ1) is 20.3. The summed E-state index contributed by atoms with van der Waals surface area (Å²) in [6.07, 6.45) is 0. The number of rotatable bonds is 7. The Kier molecular flexibility index (Phi) is 5.54. The smallest absolute Gasteiger partial charge is 0.344 e. The number of carboxylic acids is 1. The maximum atomic E-state index is 12.3. The van der Waals surface area contributed by atoms with E-state index in [0.717, 1.165) is 11.3 Å². The van der Waals surface area contributed by atoms with Crippen molar-refractivity contribution in [3.63, 3.8) is 0 Å². The van der Waals surface area contributed by atoms with Crippen LogP contribution in [0, 0.1) is 0 Å². The molecule has 2 aromatic heterocycles. The first-order chi connectivity index (χ1) is 15.0. The van der Waals surface area contributed by atoms with Crippen LogP contribution in [0.25, 0.3) is 10.2 Å². The Balaban J connectivity index is 1.86. The van der Waals surface area contributed by atoms with Gasteiger partial charge in [0.1, 0.15) is 16.2 Å². The van der Waals surface area contributed by atoms with Gasteiger partial charge in [0.25, 0.3) is 5.91 Å². The van der Waals surface area contributed by atoms with Gasteiger partial charge in [0.2, 0.25) is 19.3 Å². The third kappa shape index (κ3) is 4.19. The summed E-state index contributed by atoms with van der Waals surface area (Å²) >= 11 is 1.16. The molecule has 0 fully saturated rings. The van der Waals surface area contributed by atoms with Crippen LogP contribution in [0.1, 0.15) is 27.9 Å². The van der Waals surface area contributed by atoms with Gasteiger partial charge in [0.15, 0.2) is 11.5 Å². The van der Waals surface area contributed by atoms with E-state index >= 15 is 0 Å². The second-order valence-corrected chi connectivity index (χ2v) is 7.33. The van der Waals surface area contributed by atoms with E-state index in [1.165, 1.54) is 0 Å². The third-order valence-corrected chi connectivity index (χ3v) is 5.21. The standard InChI is InChI=1S/C19H17N5O6S/c1-2-21-17(27)13-6-10-16(22-19(20)23-18(10)31-13)15(24-30-7-14(25)26)9-3-4-11-12(5-9)29-8-28-11/h3-6H,2,7-8H2,1H3,(H,21,27)(H,25,26)(H2,20,22,23)/b24-15+. The van der Waals surface area contributed by atoms with Crippen LogP contribution in [0.4, 0.5) is 5.95 Å². The second-order valence-electron chi connectivity index (χ2n) is 6.29. The number of nitrogens with one attached hydrogen (secondary N) is 1. The van der Waals surface area contributed by atoms with Crippen molar-refractivity contribution in [1.29, 1.82) is 0 Å². The lowest BCUT2D eigenvalue weighted by Crippen LogP contribution is -2.21. The molecule has 0 unspecified atom stereocenters. The first-order valence-corrected chi connectivity index (χ1v) is 9.95. The number of oxime groups is 1. The normalized spacial score (nSPS) is 12.7. The van der Waals surface area contributed by atoms with E-state index in [9.17, 15) is 9.59 Å². The Bertz CT molecular complexity index is 1210. The van der Waals surface area contributed by atoms with Crippen molar-refractivity contribution >= 4 is 45.1 Å². The lowest BCUT2D eigenvalue weighted by Gasteiger charge is -2.09. The van der Waals surface area contributed by atoms with E-state index in [2.05, 4.69) is 20.4 Å². The van der Waals surface area contributed by atoms with Crippen molar-refractivity contribution in [3.05, 3.63) is 40.4 Å². The van der Waals surface area contributed by atoms with Crippen molar-refractivity contribution in [3.8, 4) is 11.5 Å². The Morgan fingerprint density at radius 2 is 2.10 bits per heavy atom. The minimum Gasteiger partial charge on any atom is -0.479 e. The molecule has 1 amide bonds. The zero-order chi connectivity index (χ0) is 22.0. The molecule has 1 aromatic carbocycles. The third-order valence-electron chi connectivity index (χ3n) is 4.19. The number of nitrogens with zero attached hydrogens (tertiary/aromatic N) is 3. The highest BCUT2D eigenvalue weighted by Gasteiger charge is 2.22. The van der Waals surface area contributed by atoms with Crippen molar-refractivity contribution in [1.82, 2.24) is 15.3 Å². The molecule has 160 valence electrons. The number of anilines is 1. The Morgan fingerprint density at radius 3 is 2.87 bits per heavy atom. The molecule has 4 N–H and O–H groups in total. The van der Waals surface area contributed by atoms with E-state index in [1.807, 2.05) is 6.92 Å². The molecule has 0 atom stereocenters. The quantitative estimate of drug-likeness (QED) is 0.364. The van der Waals surface area contributed by atoms with E-state index in [4.69, 9.17) is 25.2 Å². The number of ether oxygens (including phenoxy) is 2. The summed E-state index contributed by atoms with van der Waals surface area (Å²) < 4.78 is 10.8. The average Bonchev–Trinajstić information content (AvgIpc) is 3.37. The molecule has 12 heteroatoms. The van der Waals surface area contributed by atoms with Crippen molar-refractivity contribution < 1.29 is 29.0 Å². The number of carbonyl (C=O) groups is 2. The molecular weight excluding hydrogens is 426 g/mol. The van der Waals surface area contributed by atoms with Crippen molar-refractivity contribution in [2.24, 2.45) is 5.16 Å². The number of hydrogen-bond acceptors (Lipinski definition) is 10. The van der Waals surface area contributed by atoms with Gasteiger partial charge in [-0.1, -0.05) is 5.16 Å². The zero-order valence-corrected chi connectivity index (χ0v) is 17.1. The molecule has 1 aliphatic heterocycles. The maximum absolute atomic E-state index is 12.3. The summed E-state index contributed by atoms with van der Waals surface area (Å²) in [5, 5.41) is 16.2. The van der Waals surface area contributed by atoms with Crippen molar-refractivity contribution in [2.75, 3.05) is 25.7 Å². The van der Waals surface area contributed by atoms with E-state index in [-0.39, 0.29) is 24.4 Å². The van der Waals surface area contributed by atoms with Crippen LogP contribution < -0.4 is 20.5 Å². The molecule has 3 aromatic rings. The molecule has 3 heterocycles. The summed E-state index contributed by atoms with van der Waals surface area (Å²) in [4.78, 5) is 37.6. The number of nitrogens with two attached hydrogens (primary N) is 1. The average molecular weight is 443 g/mol. The molecule has 0 saturated heterocycles. The highest BCUT2D eigenvalue weighted by molar-refractivity contribution is 7.20. The summed E-state index contributed by atoms with van der Waals surface area (Å²) in [7, 11) is 0. The van der Waals surface area contributed by atoms with Gasteiger partial charge in [0, 0.05) is 17.5 Å². The SMILES string of the molecule is CCNC(=O)c1cc2c(/C(=N/OCC(=O)O)c3ccc4c(c3)OCO4)nc(N)nc2s1. The van der Waals surface area contributed by atoms with Gasteiger partial charge in [-0.25, -0.2) is 14.8 Å². The number of amides is 1. The van der Waals surface area contributed by atoms with Crippen LogP contribution in [-0.4, -0.2) is 52.6 Å². The second kappa shape index (κ2) is 8.44. The fraction of sp³-hybridized carbons (Fsp3) is 0.211. The van der Waals surface area contributed by atoms with Gasteiger partial charge in [0.05, 0.1) is 4.88 Å². The minimum absolute atomic E-state index is 0.0292. The van der Waals surface area contributed by atoms with Gasteiger partial charge in [-0.05, 0) is 31.2 Å². The molecule has 4 rings (SSSR count). The lowest BCUT2D eigenvalue weighted by molar-refractivity contribution is -0.142. The van der Waals surface area contributed by atoms with Gasteiger partial charge >= 0.3 is 5.97 Å². The first-order valence-electron chi connectivity index (χ1n) is 9.13. The molecule has 1 aliphatic rings. The fourth-order valence-corrected chi connectivity index (χ4v) is 3.86. The minimum atomic E-state index is -1.19. The largest absolute Gasteiger partial charge is 0.479 e. The molecule has 0 radical (unpaired) electrons. The van der Waals surface area contributed by atoms with E-state index < -0.39 is 12.6 Å². The molecule has 0 bridgehead atoms. The molecule has 11 nitrogen and oxygen atoms in total. The summed E-state index contributed by atoms with van der Waals surface area (Å²) in [5.74, 6) is -0.404. The van der Waals surface area contributed by atoms with Crippen LogP contribution in [0.5, 0.6) is 11.5 Å². The molecule has 0 aliphatic carbocycles.